The lowest BCUT2D eigenvalue weighted by Gasteiger charge is -2.32. The molecule has 2 atom stereocenters. The van der Waals surface area contributed by atoms with Crippen molar-refractivity contribution in [2.75, 3.05) is 7.05 Å². The Morgan fingerprint density at radius 2 is 1.94 bits per heavy atom. The van der Waals surface area contributed by atoms with Gasteiger partial charge in [-0.1, -0.05) is 30.3 Å². The van der Waals surface area contributed by atoms with Gasteiger partial charge in [-0.05, 0) is 25.0 Å². The normalized spacial score (nSPS) is 24.8. The van der Waals surface area contributed by atoms with Crippen molar-refractivity contribution in [2.24, 2.45) is 5.92 Å². The van der Waals surface area contributed by atoms with Crippen molar-refractivity contribution in [1.29, 1.82) is 0 Å². The average molecular weight is 233 g/mol. The first-order valence-corrected chi connectivity index (χ1v) is 5.77. The van der Waals surface area contributed by atoms with Crippen LogP contribution in [0.5, 0.6) is 0 Å². The monoisotopic (exact) mass is 233 g/mol. The Bertz CT molecular complexity index is 441. The Hall–Kier alpha value is -1.64. The first-order chi connectivity index (χ1) is 8.09. The second kappa shape index (κ2) is 4.70. The summed E-state index contributed by atoms with van der Waals surface area (Å²) >= 11 is 0. The molecule has 0 aliphatic carbocycles. The summed E-state index contributed by atoms with van der Waals surface area (Å²) in [6, 6.07) is 9.20. The zero-order chi connectivity index (χ0) is 12.4. The van der Waals surface area contributed by atoms with Crippen LogP contribution in [0.2, 0.25) is 0 Å². The van der Waals surface area contributed by atoms with Gasteiger partial charge in [0.2, 0.25) is 5.91 Å². The fourth-order valence-corrected chi connectivity index (χ4v) is 2.15. The fourth-order valence-electron chi connectivity index (χ4n) is 2.15. The summed E-state index contributed by atoms with van der Waals surface area (Å²) < 4.78 is 13.9. The molecule has 2 nitrogen and oxygen atoms in total. The van der Waals surface area contributed by atoms with Crippen molar-refractivity contribution in [3.63, 3.8) is 0 Å². The molecule has 1 heterocycles. The highest BCUT2D eigenvalue weighted by Crippen LogP contribution is 2.25. The molecule has 1 aromatic carbocycles. The Labute approximate surface area is 101 Å². The number of benzene rings is 1. The van der Waals surface area contributed by atoms with Crippen LogP contribution < -0.4 is 0 Å². The van der Waals surface area contributed by atoms with Crippen LogP contribution in [-0.2, 0) is 11.2 Å². The van der Waals surface area contributed by atoms with E-state index in [1.807, 2.05) is 30.3 Å². The van der Waals surface area contributed by atoms with Gasteiger partial charge in [-0.2, -0.15) is 0 Å². The summed E-state index contributed by atoms with van der Waals surface area (Å²) in [5, 5.41) is 0. The van der Waals surface area contributed by atoms with Crippen LogP contribution in [0, 0.1) is 5.92 Å². The summed E-state index contributed by atoms with van der Waals surface area (Å²) in [5.74, 6) is -0.581. The van der Waals surface area contributed by atoms with Crippen molar-refractivity contribution < 1.29 is 9.18 Å². The number of nitrogens with zero attached hydrogens (tertiary/aromatic N) is 1. The predicted molar refractivity (Wildman–Crippen MR) is 65.1 cm³/mol. The third-order valence-corrected chi connectivity index (χ3v) is 3.20. The molecule has 1 aliphatic rings. The highest BCUT2D eigenvalue weighted by Gasteiger charge is 2.31. The topological polar surface area (TPSA) is 20.3 Å². The Morgan fingerprint density at radius 3 is 2.59 bits per heavy atom. The lowest BCUT2D eigenvalue weighted by atomic mass is 9.96. The number of halogens is 1. The average Bonchev–Trinajstić information content (AvgIpc) is 2.33. The third kappa shape index (κ3) is 2.38. The second-order valence-corrected chi connectivity index (χ2v) is 4.49. The van der Waals surface area contributed by atoms with Crippen LogP contribution >= 0.6 is 0 Å². The molecule has 0 N–H and O–H groups in total. The van der Waals surface area contributed by atoms with Crippen LogP contribution in [0.25, 0.3) is 0 Å². The zero-order valence-corrected chi connectivity index (χ0v) is 10.1. The van der Waals surface area contributed by atoms with Crippen molar-refractivity contribution in [1.82, 2.24) is 4.90 Å². The molecule has 90 valence electrons. The Balaban J connectivity index is 2.21. The van der Waals surface area contributed by atoms with Crippen LogP contribution in [-0.4, -0.2) is 23.9 Å². The summed E-state index contributed by atoms with van der Waals surface area (Å²) in [7, 11) is 1.67. The fraction of sp³-hybridized carbons (Fsp3) is 0.357. The van der Waals surface area contributed by atoms with Gasteiger partial charge < -0.3 is 4.90 Å². The van der Waals surface area contributed by atoms with E-state index in [4.69, 9.17) is 0 Å². The van der Waals surface area contributed by atoms with Gasteiger partial charge >= 0.3 is 0 Å². The molecule has 0 unspecified atom stereocenters. The minimum absolute atomic E-state index is 0.0210. The van der Waals surface area contributed by atoms with E-state index in [1.165, 1.54) is 11.0 Å². The van der Waals surface area contributed by atoms with E-state index >= 15 is 0 Å². The first kappa shape index (κ1) is 11.8. The number of rotatable bonds is 2. The summed E-state index contributed by atoms with van der Waals surface area (Å²) in [6.45, 7) is 1.72. The number of amides is 1. The largest absolute Gasteiger partial charge is 0.336 e. The molecule has 0 radical (unpaired) electrons. The predicted octanol–water partition coefficient (Wildman–Crippen LogP) is 2.56. The molecular weight excluding hydrogens is 217 g/mol. The van der Waals surface area contributed by atoms with Crippen molar-refractivity contribution in [3.8, 4) is 0 Å². The Morgan fingerprint density at radius 1 is 1.29 bits per heavy atom. The van der Waals surface area contributed by atoms with Gasteiger partial charge in [0.15, 0.2) is 0 Å². The highest BCUT2D eigenvalue weighted by atomic mass is 19.1. The lowest BCUT2D eigenvalue weighted by Crippen LogP contribution is -2.44. The van der Waals surface area contributed by atoms with Crippen molar-refractivity contribution in [2.45, 2.75) is 19.4 Å². The quantitative estimate of drug-likeness (QED) is 0.768. The Kier molecular flexibility index (Phi) is 3.27. The number of hydrogen-bond acceptors (Lipinski definition) is 1. The SMILES string of the molecule is C[C@H]1C=C(F)[C@@H](Cc2ccccc2)N(C)C1=O. The summed E-state index contributed by atoms with van der Waals surface area (Å²) in [6.07, 6.45) is 1.95. The molecule has 0 aromatic heterocycles. The van der Waals surface area contributed by atoms with Gasteiger partial charge in [0.05, 0.1) is 12.0 Å². The van der Waals surface area contributed by atoms with Crippen LogP contribution in [0.4, 0.5) is 4.39 Å². The maximum Gasteiger partial charge on any atom is 0.229 e. The van der Waals surface area contributed by atoms with Crippen molar-refractivity contribution >= 4 is 5.91 Å². The van der Waals surface area contributed by atoms with Crippen LogP contribution in [0.15, 0.2) is 42.2 Å². The van der Waals surface area contributed by atoms with Gasteiger partial charge in [0.1, 0.15) is 5.83 Å². The molecule has 0 bridgehead atoms. The van der Waals surface area contributed by atoms with E-state index in [0.717, 1.165) is 5.56 Å². The molecule has 0 spiro atoms. The van der Waals surface area contributed by atoms with Crippen LogP contribution in [0.3, 0.4) is 0 Å². The molecular formula is C14H16FNO. The summed E-state index contributed by atoms with van der Waals surface area (Å²) in [5.41, 5.74) is 1.04. The van der Waals surface area contributed by atoms with E-state index in [2.05, 4.69) is 0 Å². The van der Waals surface area contributed by atoms with Gasteiger partial charge in [-0.3, -0.25) is 4.79 Å². The van der Waals surface area contributed by atoms with Gasteiger partial charge in [-0.25, -0.2) is 4.39 Å². The van der Waals surface area contributed by atoms with E-state index in [-0.39, 0.29) is 17.7 Å². The molecule has 17 heavy (non-hydrogen) atoms. The van der Waals surface area contributed by atoms with Crippen LogP contribution in [0.1, 0.15) is 12.5 Å². The van der Waals surface area contributed by atoms with E-state index < -0.39 is 6.04 Å². The number of carbonyl (C=O) groups excluding carboxylic acids is 1. The van der Waals surface area contributed by atoms with Gasteiger partial charge in [-0.15, -0.1) is 0 Å². The maximum absolute atomic E-state index is 13.9. The molecule has 1 aromatic rings. The zero-order valence-electron chi connectivity index (χ0n) is 10.1. The standard InChI is InChI=1S/C14H16FNO/c1-10-8-12(15)13(16(2)14(10)17)9-11-6-4-3-5-7-11/h3-8,10,13H,9H2,1-2H3/t10-,13+/m0/s1. The molecule has 2 rings (SSSR count). The maximum atomic E-state index is 13.9. The summed E-state index contributed by atoms with van der Waals surface area (Å²) in [4.78, 5) is 13.3. The third-order valence-electron chi connectivity index (χ3n) is 3.20. The first-order valence-electron chi connectivity index (χ1n) is 5.77. The van der Waals surface area contributed by atoms with Gasteiger partial charge in [0.25, 0.3) is 0 Å². The van der Waals surface area contributed by atoms with E-state index in [1.54, 1.807) is 14.0 Å². The van der Waals surface area contributed by atoms with E-state index in [0.29, 0.717) is 6.42 Å². The second-order valence-electron chi connectivity index (χ2n) is 4.49. The molecule has 0 saturated heterocycles. The number of hydrogen-bond donors (Lipinski definition) is 0. The molecule has 3 heteroatoms. The highest BCUT2D eigenvalue weighted by molar-refractivity contribution is 5.82. The number of likely N-dealkylation sites (N-methyl/N-ethyl adjacent to an activating group) is 1. The molecule has 1 amide bonds. The molecule has 0 saturated carbocycles. The van der Waals surface area contributed by atoms with E-state index in [9.17, 15) is 9.18 Å². The lowest BCUT2D eigenvalue weighted by molar-refractivity contribution is -0.135. The van der Waals surface area contributed by atoms with Gasteiger partial charge in [0, 0.05) is 7.05 Å². The molecule has 0 fully saturated rings. The molecule has 1 aliphatic heterocycles. The number of carbonyl (C=O) groups is 1. The minimum Gasteiger partial charge on any atom is -0.336 e. The van der Waals surface area contributed by atoms with Crippen molar-refractivity contribution in [3.05, 3.63) is 47.8 Å². The minimum atomic E-state index is -0.457. The smallest absolute Gasteiger partial charge is 0.229 e.